The van der Waals surface area contributed by atoms with Crippen LogP contribution in [0.5, 0.6) is 0 Å². The van der Waals surface area contributed by atoms with Crippen molar-refractivity contribution >= 4 is 22.8 Å². The highest BCUT2D eigenvalue weighted by molar-refractivity contribution is 5.97. The van der Waals surface area contributed by atoms with Crippen molar-refractivity contribution in [3.63, 3.8) is 0 Å². The second-order valence-electron chi connectivity index (χ2n) is 8.22. The van der Waals surface area contributed by atoms with Gasteiger partial charge in [-0.25, -0.2) is 27.5 Å². The molecule has 11 heteroatoms. The van der Waals surface area contributed by atoms with Gasteiger partial charge in [-0.3, -0.25) is 14.2 Å². The third-order valence-corrected chi connectivity index (χ3v) is 5.53. The molecule has 174 valence electrons. The molecule has 3 aromatic rings. The maximum atomic E-state index is 14.6. The molecule has 1 aliphatic rings. The highest BCUT2D eigenvalue weighted by atomic mass is 19.1. The van der Waals surface area contributed by atoms with Crippen molar-refractivity contribution in [2.45, 2.75) is 25.3 Å². The second-order valence-corrected chi connectivity index (χ2v) is 8.22. The molecule has 0 unspecified atom stereocenters. The van der Waals surface area contributed by atoms with Crippen LogP contribution in [0, 0.1) is 11.6 Å². The summed E-state index contributed by atoms with van der Waals surface area (Å²) in [5.41, 5.74) is -3.06. The largest absolute Gasteiger partial charge is 0.357 e. The Hall–Kier alpha value is -3.50. The monoisotopic (exact) mass is 463 g/mol. The van der Waals surface area contributed by atoms with Crippen LogP contribution in [0.2, 0.25) is 0 Å². The van der Waals surface area contributed by atoms with Gasteiger partial charge in [0.15, 0.2) is 17.3 Å². The number of halogens is 4. The van der Waals surface area contributed by atoms with Crippen molar-refractivity contribution in [2.24, 2.45) is 0 Å². The number of fused-ring (bicyclic) bond motifs is 1. The number of hydrogen-bond donors (Lipinski definition) is 1. The minimum Gasteiger partial charge on any atom is -0.357 e. The van der Waals surface area contributed by atoms with Crippen molar-refractivity contribution in [1.29, 1.82) is 0 Å². The molecule has 1 amide bonds. The summed E-state index contributed by atoms with van der Waals surface area (Å²) in [5.74, 6) is -2.83. The van der Waals surface area contributed by atoms with Gasteiger partial charge in [-0.15, -0.1) is 0 Å². The summed E-state index contributed by atoms with van der Waals surface area (Å²) in [6.45, 7) is 0.266. The lowest BCUT2D eigenvalue weighted by atomic mass is 10.1. The number of nitrogens with zero attached hydrogens (tertiary/aromatic N) is 4. The van der Waals surface area contributed by atoms with Crippen LogP contribution in [0.25, 0.3) is 16.9 Å². The van der Waals surface area contributed by atoms with Crippen molar-refractivity contribution in [2.75, 3.05) is 31.3 Å². The van der Waals surface area contributed by atoms with Gasteiger partial charge in [-0.05, 0) is 31.9 Å². The Labute approximate surface area is 186 Å². The van der Waals surface area contributed by atoms with Crippen LogP contribution in [0.1, 0.15) is 30.1 Å². The third-order valence-electron chi connectivity index (χ3n) is 5.53. The van der Waals surface area contributed by atoms with E-state index in [0.29, 0.717) is 11.9 Å². The molecule has 1 N–H and O–H groups in total. The minimum absolute atomic E-state index is 0.0118. The fourth-order valence-electron chi connectivity index (χ4n) is 3.67. The number of alkyl halides is 2. The highest BCUT2D eigenvalue weighted by Gasteiger charge is 2.29. The first-order valence-electron chi connectivity index (χ1n) is 10.3. The molecule has 0 bridgehead atoms. The van der Waals surface area contributed by atoms with Crippen LogP contribution in [0.4, 0.5) is 23.4 Å². The zero-order chi connectivity index (χ0) is 23.8. The third kappa shape index (κ3) is 4.27. The average Bonchev–Trinajstić information content (AvgIpc) is 3.34. The van der Waals surface area contributed by atoms with E-state index in [9.17, 15) is 27.2 Å². The van der Waals surface area contributed by atoms with Crippen molar-refractivity contribution < 1.29 is 22.4 Å². The van der Waals surface area contributed by atoms with Crippen LogP contribution in [0.3, 0.4) is 0 Å². The summed E-state index contributed by atoms with van der Waals surface area (Å²) in [7, 11) is 0. The Morgan fingerprint density at radius 3 is 2.52 bits per heavy atom. The molecule has 1 saturated heterocycles. The maximum absolute atomic E-state index is 14.6. The summed E-state index contributed by atoms with van der Waals surface area (Å²) >= 11 is 0. The van der Waals surface area contributed by atoms with E-state index in [1.807, 2.05) is 4.90 Å². The Balaban J connectivity index is 1.94. The van der Waals surface area contributed by atoms with Crippen molar-refractivity contribution in [3.05, 3.63) is 58.0 Å². The molecule has 1 fully saturated rings. The lowest BCUT2D eigenvalue weighted by molar-refractivity contribution is 0.0866. The maximum Gasteiger partial charge on any atom is 0.257 e. The molecule has 33 heavy (non-hydrogen) atoms. The van der Waals surface area contributed by atoms with Gasteiger partial charge >= 0.3 is 0 Å². The first kappa shape index (κ1) is 22.7. The fraction of sp³-hybridized carbons (Fsp3) is 0.364. The topological polar surface area (TPSA) is 80.1 Å². The molecule has 0 spiro atoms. The molecule has 0 aromatic carbocycles. The summed E-state index contributed by atoms with van der Waals surface area (Å²) < 4.78 is 55.7. The van der Waals surface area contributed by atoms with Crippen molar-refractivity contribution in [3.8, 4) is 5.82 Å². The average molecular weight is 463 g/mol. The Morgan fingerprint density at radius 1 is 1.18 bits per heavy atom. The number of rotatable bonds is 6. The molecule has 1 aliphatic heterocycles. The summed E-state index contributed by atoms with van der Waals surface area (Å²) in [6, 6.07) is 3.68. The van der Waals surface area contributed by atoms with Crippen molar-refractivity contribution in [1.82, 2.24) is 19.9 Å². The first-order valence-corrected chi connectivity index (χ1v) is 10.3. The number of amides is 1. The van der Waals surface area contributed by atoms with Gasteiger partial charge in [0.2, 0.25) is 5.43 Å². The normalized spacial score (nSPS) is 14.2. The highest BCUT2D eigenvalue weighted by Crippen LogP contribution is 2.23. The summed E-state index contributed by atoms with van der Waals surface area (Å²) in [4.78, 5) is 36.1. The molecule has 0 atom stereocenters. The number of aromatic nitrogens is 3. The molecule has 4 rings (SSSR count). The van der Waals surface area contributed by atoms with E-state index in [2.05, 4.69) is 15.3 Å². The molecule has 0 radical (unpaired) electrons. The number of nitrogens with one attached hydrogen (secondary N) is 1. The first-order chi connectivity index (χ1) is 15.8. The number of carbonyl (C=O) groups excluding carboxylic acids is 1. The van der Waals surface area contributed by atoms with Gasteiger partial charge in [0, 0.05) is 25.4 Å². The van der Waals surface area contributed by atoms with E-state index in [1.54, 1.807) is 6.07 Å². The zero-order valence-electron chi connectivity index (χ0n) is 17.7. The molecule has 7 nitrogen and oxygen atoms in total. The Bertz CT molecular complexity index is 1270. The molecule has 0 saturated carbocycles. The quantitative estimate of drug-likeness (QED) is 0.569. The van der Waals surface area contributed by atoms with E-state index in [1.165, 1.54) is 6.07 Å². The van der Waals surface area contributed by atoms with E-state index in [-0.39, 0.29) is 16.9 Å². The van der Waals surface area contributed by atoms with E-state index in [4.69, 9.17) is 0 Å². The predicted octanol–water partition coefficient (Wildman–Crippen LogP) is 3.09. The molecule has 0 aliphatic carbocycles. The van der Waals surface area contributed by atoms with Crippen LogP contribution < -0.4 is 15.6 Å². The lowest BCUT2D eigenvalue weighted by Gasteiger charge is -2.24. The Kier molecular flexibility index (Phi) is 6.05. The predicted molar refractivity (Wildman–Crippen MR) is 114 cm³/mol. The van der Waals surface area contributed by atoms with Crippen LogP contribution in [0.15, 0.2) is 35.4 Å². The van der Waals surface area contributed by atoms with Gasteiger partial charge in [0.25, 0.3) is 5.91 Å². The molecule has 4 heterocycles. The smallest absolute Gasteiger partial charge is 0.257 e. The fourth-order valence-corrected chi connectivity index (χ4v) is 3.67. The zero-order valence-corrected chi connectivity index (χ0v) is 17.7. The SMILES string of the molecule is CC(CF)(CF)NC(=O)c1cn(-c2ncc(F)cc2F)c2nc(N3CCCC3)ccc2c1=O. The van der Waals surface area contributed by atoms with E-state index >= 15 is 0 Å². The van der Waals surface area contributed by atoms with Gasteiger partial charge in [-0.1, -0.05) is 0 Å². The van der Waals surface area contributed by atoms with Crippen LogP contribution >= 0.6 is 0 Å². The lowest BCUT2D eigenvalue weighted by Crippen LogP contribution is -2.50. The number of anilines is 1. The van der Waals surface area contributed by atoms with Crippen LogP contribution in [-0.2, 0) is 0 Å². The standard InChI is InChI=1S/C22H21F4N5O2/c1-22(11-23,12-24)29-21(33)15-10-31(20-16(26)8-13(25)9-27-20)19-14(18(15)32)4-5-17(28-19)30-6-2-3-7-30/h4-5,8-10H,2-3,6-7,11-12H2,1H3,(H,29,33). The summed E-state index contributed by atoms with van der Waals surface area (Å²) in [5, 5.41) is 2.14. The summed E-state index contributed by atoms with van der Waals surface area (Å²) in [6.07, 6.45) is 3.74. The molecular formula is C22H21F4N5O2. The second kappa shape index (κ2) is 8.80. The van der Waals surface area contributed by atoms with E-state index in [0.717, 1.165) is 49.8 Å². The number of pyridine rings is 3. The molecular weight excluding hydrogens is 442 g/mol. The van der Waals surface area contributed by atoms with Crippen LogP contribution in [-0.4, -0.2) is 52.4 Å². The van der Waals surface area contributed by atoms with Gasteiger partial charge in [0.05, 0.1) is 17.1 Å². The van der Waals surface area contributed by atoms with Gasteiger partial charge in [0.1, 0.15) is 30.5 Å². The Morgan fingerprint density at radius 2 is 1.88 bits per heavy atom. The molecule has 3 aromatic heterocycles. The number of carbonyl (C=O) groups is 1. The van der Waals surface area contributed by atoms with Gasteiger partial charge in [-0.2, -0.15) is 0 Å². The van der Waals surface area contributed by atoms with Gasteiger partial charge < -0.3 is 10.2 Å². The minimum atomic E-state index is -1.83. The number of hydrogen-bond acceptors (Lipinski definition) is 5. The van der Waals surface area contributed by atoms with E-state index < -0.39 is 47.4 Å².